The highest BCUT2D eigenvalue weighted by Gasteiger charge is 2.29. The van der Waals surface area contributed by atoms with Gasteiger partial charge in [0.25, 0.3) is 11.5 Å². The van der Waals surface area contributed by atoms with Crippen molar-refractivity contribution in [2.24, 2.45) is 0 Å². The molecule has 0 bridgehead atoms. The van der Waals surface area contributed by atoms with Crippen LogP contribution >= 0.6 is 0 Å². The number of hydrogen-bond donors (Lipinski definition) is 0. The maximum Gasteiger partial charge on any atom is 0.261 e. The van der Waals surface area contributed by atoms with Crippen LogP contribution in [0.15, 0.2) is 23.0 Å². The van der Waals surface area contributed by atoms with Crippen LogP contribution in [0.4, 0.5) is 0 Å². The van der Waals surface area contributed by atoms with Gasteiger partial charge >= 0.3 is 0 Å². The summed E-state index contributed by atoms with van der Waals surface area (Å²) in [6, 6.07) is 6.09. The lowest BCUT2D eigenvalue weighted by Gasteiger charge is -2.36. The van der Waals surface area contributed by atoms with Crippen molar-refractivity contribution < 1.29 is 4.79 Å². The Morgan fingerprint density at radius 2 is 1.63 bits per heavy atom. The number of carbonyl (C=O) groups is 1. The van der Waals surface area contributed by atoms with Crippen molar-refractivity contribution >= 4 is 16.8 Å². The van der Waals surface area contributed by atoms with E-state index < -0.39 is 0 Å². The lowest BCUT2D eigenvalue weighted by Crippen LogP contribution is -2.45. The highest BCUT2D eigenvalue weighted by molar-refractivity contribution is 5.97. The molecule has 1 aromatic heterocycles. The minimum absolute atomic E-state index is 0.0438. The third-order valence-electron chi connectivity index (χ3n) is 7.22. The zero-order valence-electron chi connectivity index (χ0n) is 17.8. The van der Waals surface area contributed by atoms with Gasteiger partial charge in [-0.3, -0.25) is 14.2 Å². The Labute approximate surface area is 177 Å². The Morgan fingerprint density at radius 1 is 0.900 bits per heavy atom. The van der Waals surface area contributed by atoms with Crippen LogP contribution in [0.5, 0.6) is 0 Å². The summed E-state index contributed by atoms with van der Waals surface area (Å²) < 4.78 is 1.85. The molecule has 1 aromatic carbocycles. The molecule has 0 saturated carbocycles. The first-order valence-corrected chi connectivity index (χ1v) is 11.8. The summed E-state index contributed by atoms with van der Waals surface area (Å²) in [4.78, 5) is 35.5. The van der Waals surface area contributed by atoms with Crippen LogP contribution in [0, 0.1) is 0 Å². The van der Waals surface area contributed by atoms with Gasteiger partial charge in [0.05, 0.1) is 10.9 Å². The highest BCUT2D eigenvalue weighted by atomic mass is 16.2. The first-order valence-electron chi connectivity index (χ1n) is 11.8. The van der Waals surface area contributed by atoms with E-state index in [0.29, 0.717) is 22.5 Å². The molecule has 0 spiro atoms. The number of nitrogens with zero attached hydrogens (tertiary/aromatic N) is 4. The number of aromatic nitrogens is 2. The Hall–Kier alpha value is -2.21. The smallest absolute Gasteiger partial charge is 0.261 e. The number of aryl methyl sites for hydroxylation is 1. The van der Waals surface area contributed by atoms with E-state index in [1.165, 1.54) is 38.8 Å². The van der Waals surface area contributed by atoms with E-state index in [9.17, 15) is 9.59 Å². The van der Waals surface area contributed by atoms with Crippen molar-refractivity contribution in [3.8, 4) is 0 Å². The molecule has 6 heteroatoms. The van der Waals surface area contributed by atoms with Gasteiger partial charge in [0.15, 0.2) is 0 Å². The van der Waals surface area contributed by atoms with Crippen molar-refractivity contribution in [3.05, 3.63) is 39.9 Å². The molecule has 0 atom stereocenters. The van der Waals surface area contributed by atoms with Crippen molar-refractivity contribution in [3.63, 3.8) is 0 Å². The van der Waals surface area contributed by atoms with Crippen LogP contribution in [-0.4, -0.2) is 57.5 Å². The van der Waals surface area contributed by atoms with Crippen LogP contribution in [0.1, 0.15) is 67.5 Å². The normalized spacial score (nSPS) is 21.4. The van der Waals surface area contributed by atoms with E-state index in [1.807, 2.05) is 21.6 Å². The summed E-state index contributed by atoms with van der Waals surface area (Å²) >= 11 is 0. The minimum Gasteiger partial charge on any atom is -0.339 e. The molecule has 6 nitrogen and oxygen atoms in total. The first-order chi connectivity index (χ1) is 14.7. The van der Waals surface area contributed by atoms with E-state index in [2.05, 4.69) is 4.90 Å². The van der Waals surface area contributed by atoms with Gasteiger partial charge in [-0.15, -0.1) is 0 Å². The van der Waals surface area contributed by atoms with Gasteiger partial charge in [-0.05, 0) is 69.8 Å². The first kappa shape index (κ1) is 19.7. The molecule has 5 rings (SSSR count). The summed E-state index contributed by atoms with van der Waals surface area (Å²) in [5.74, 6) is 0.952. The molecule has 0 radical (unpaired) electrons. The molecule has 0 aliphatic carbocycles. The molecule has 2 saturated heterocycles. The summed E-state index contributed by atoms with van der Waals surface area (Å²) in [5, 5.41) is 0.628. The molecule has 160 valence electrons. The third kappa shape index (κ3) is 3.78. The lowest BCUT2D eigenvalue weighted by molar-refractivity contribution is 0.0644. The van der Waals surface area contributed by atoms with Gasteiger partial charge in [-0.2, -0.15) is 0 Å². The largest absolute Gasteiger partial charge is 0.339 e. The molecule has 30 heavy (non-hydrogen) atoms. The second-order valence-corrected chi connectivity index (χ2v) is 9.15. The van der Waals surface area contributed by atoms with Crippen LogP contribution < -0.4 is 5.56 Å². The second-order valence-electron chi connectivity index (χ2n) is 9.15. The zero-order valence-corrected chi connectivity index (χ0v) is 17.8. The van der Waals surface area contributed by atoms with Gasteiger partial charge < -0.3 is 9.80 Å². The van der Waals surface area contributed by atoms with E-state index in [0.717, 1.165) is 57.6 Å². The maximum atomic E-state index is 13.1. The van der Waals surface area contributed by atoms with Gasteiger partial charge in [-0.25, -0.2) is 4.98 Å². The predicted octanol–water partition coefficient (Wildman–Crippen LogP) is 3.21. The van der Waals surface area contributed by atoms with Gasteiger partial charge in [0, 0.05) is 37.7 Å². The SMILES string of the molecule is O=C(c1ccc2c(=O)n3c(nc2c1)CCCCCC3)N1CCC(N2CCCC2)CC1. The Balaban J connectivity index is 1.36. The number of benzene rings is 1. The van der Waals surface area contributed by atoms with Crippen molar-refractivity contribution in [2.75, 3.05) is 26.2 Å². The predicted molar refractivity (Wildman–Crippen MR) is 118 cm³/mol. The van der Waals surface area contributed by atoms with Crippen LogP contribution in [-0.2, 0) is 13.0 Å². The number of fused-ring (bicyclic) bond motifs is 2. The molecule has 0 unspecified atom stereocenters. The van der Waals surface area contributed by atoms with Gasteiger partial charge in [0.2, 0.25) is 0 Å². The topological polar surface area (TPSA) is 58.4 Å². The second kappa shape index (κ2) is 8.50. The van der Waals surface area contributed by atoms with Crippen LogP contribution in [0.3, 0.4) is 0 Å². The molecule has 1 amide bonds. The molecule has 4 heterocycles. The average Bonchev–Trinajstić information content (AvgIpc) is 3.29. The van der Waals surface area contributed by atoms with Gasteiger partial charge in [-0.1, -0.05) is 12.8 Å². The summed E-state index contributed by atoms with van der Waals surface area (Å²) in [6.45, 7) is 4.82. The fraction of sp³-hybridized carbons (Fsp3) is 0.625. The number of carbonyl (C=O) groups excluding carboxylic acids is 1. The molecular formula is C24H32N4O2. The molecule has 3 aliphatic rings. The standard InChI is InChI=1S/C24H32N4O2/c29-23(27-15-10-19(11-16-27)26-12-5-6-13-26)18-8-9-20-21(17-18)25-22-7-3-1-2-4-14-28(22)24(20)30/h8-9,17,19H,1-7,10-16H2. The average molecular weight is 409 g/mol. The molecule has 2 aromatic rings. The summed E-state index contributed by atoms with van der Waals surface area (Å²) in [6.07, 6.45) is 10.1. The number of amides is 1. The third-order valence-corrected chi connectivity index (χ3v) is 7.22. The molecule has 3 aliphatic heterocycles. The van der Waals surface area contributed by atoms with E-state index in [1.54, 1.807) is 6.07 Å². The van der Waals surface area contributed by atoms with Crippen molar-refractivity contribution in [1.29, 1.82) is 0 Å². The molecular weight excluding hydrogens is 376 g/mol. The van der Waals surface area contributed by atoms with Crippen molar-refractivity contribution in [2.45, 2.75) is 70.4 Å². The number of hydrogen-bond acceptors (Lipinski definition) is 4. The Morgan fingerprint density at radius 3 is 2.43 bits per heavy atom. The van der Waals surface area contributed by atoms with Crippen LogP contribution in [0.2, 0.25) is 0 Å². The monoisotopic (exact) mass is 408 g/mol. The Kier molecular flexibility index (Phi) is 5.59. The maximum absolute atomic E-state index is 13.1. The minimum atomic E-state index is 0.0438. The number of rotatable bonds is 2. The highest BCUT2D eigenvalue weighted by Crippen LogP contribution is 2.23. The number of likely N-dealkylation sites (tertiary alicyclic amines) is 2. The van der Waals surface area contributed by atoms with E-state index in [4.69, 9.17) is 4.98 Å². The van der Waals surface area contributed by atoms with E-state index >= 15 is 0 Å². The van der Waals surface area contributed by atoms with E-state index in [-0.39, 0.29) is 11.5 Å². The fourth-order valence-electron chi connectivity index (χ4n) is 5.45. The van der Waals surface area contributed by atoms with Crippen molar-refractivity contribution in [1.82, 2.24) is 19.4 Å². The molecule has 0 N–H and O–H groups in total. The summed E-state index contributed by atoms with van der Waals surface area (Å²) in [7, 11) is 0. The quantitative estimate of drug-likeness (QED) is 0.766. The van der Waals surface area contributed by atoms with Gasteiger partial charge in [0.1, 0.15) is 5.82 Å². The fourth-order valence-corrected chi connectivity index (χ4v) is 5.45. The molecule has 2 fully saturated rings. The summed E-state index contributed by atoms with van der Waals surface area (Å²) in [5.41, 5.74) is 1.37. The lowest BCUT2D eigenvalue weighted by atomic mass is 10.0. The van der Waals surface area contributed by atoms with Crippen LogP contribution in [0.25, 0.3) is 10.9 Å². The Bertz CT molecular complexity index is 985. The number of piperidine rings is 1. The zero-order chi connectivity index (χ0) is 20.5.